The van der Waals surface area contributed by atoms with E-state index in [1.54, 1.807) is 24.4 Å². The summed E-state index contributed by atoms with van der Waals surface area (Å²) >= 11 is 0. The van der Waals surface area contributed by atoms with Crippen LogP contribution in [0.25, 0.3) is 39.2 Å². The van der Waals surface area contributed by atoms with Gasteiger partial charge >= 0.3 is 0 Å². The fraction of sp³-hybridized carbons (Fsp3) is 0. The second-order valence-electron chi connectivity index (χ2n) is 7.56. The third kappa shape index (κ3) is 5.60. The average molecular weight is 653 g/mol. The third-order valence-electron chi connectivity index (χ3n) is 5.26. The van der Waals surface area contributed by atoms with Crippen LogP contribution in [0.3, 0.4) is 0 Å². The molecule has 0 saturated heterocycles. The number of para-hydroxylation sites is 2. The smallest absolute Gasteiger partial charge is 0.0552 e. The molecule has 0 unspecified atom stereocenters. The molecule has 0 aliphatic rings. The van der Waals surface area contributed by atoms with Crippen molar-refractivity contribution >= 4 is 11.0 Å². The normalized spacial score (nSPS) is 10.3. The van der Waals surface area contributed by atoms with Crippen molar-refractivity contribution in [1.29, 1.82) is 0 Å². The SMILES string of the molecule is Fc1c[c-]c(-c2ccccn2)c(F)c1.[Ir].[c-]1nc2ccccc2n1-c1ccc(-c2ccccc2)cn1. The van der Waals surface area contributed by atoms with Gasteiger partial charge in [0.25, 0.3) is 0 Å². The first-order valence-electron chi connectivity index (χ1n) is 10.8. The van der Waals surface area contributed by atoms with Crippen molar-refractivity contribution in [3.8, 4) is 28.2 Å². The van der Waals surface area contributed by atoms with E-state index in [9.17, 15) is 8.78 Å². The van der Waals surface area contributed by atoms with Gasteiger partial charge in [-0.25, -0.2) is 0 Å². The molecular formula is C29H18F2IrN4-2. The number of rotatable bonds is 3. The van der Waals surface area contributed by atoms with Crippen LogP contribution in [0, 0.1) is 24.0 Å². The number of hydrogen-bond acceptors (Lipinski definition) is 3. The molecule has 0 aliphatic carbocycles. The van der Waals surface area contributed by atoms with Gasteiger partial charge in [-0.05, 0) is 28.4 Å². The van der Waals surface area contributed by atoms with Crippen molar-refractivity contribution in [2.24, 2.45) is 0 Å². The van der Waals surface area contributed by atoms with E-state index < -0.39 is 11.6 Å². The Kier molecular flexibility index (Phi) is 8.06. The maximum Gasteiger partial charge on any atom is 0.0552 e. The van der Waals surface area contributed by atoms with Gasteiger partial charge in [-0.3, -0.25) is 13.8 Å². The van der Waals surface area contributed by atoms with Gasteiger partial charge in [0.15, 0.2) is 0 Å². The van der Waals surface area contributed by atoms with Crippen molar-refractivity contribution in [2.75, 3.05) is 0 Å². The maximum absolute atomic E-state index is 13.2. The van der Waals surface area contributed by atoms with Crippen molar-refractivity contribution in [3.05, 3.63) is 133 Å². The quantitative estimate of drug-likeness (QED) is 0.200. The molecule has 6 aromatic rings. The molecule has 0 bridgehead atoms. The molecule has 1 radical (unpaired) electrons. The van der Waals surface area contributed by atoms with Gasteiger partial charge < -0.3 is 14.5 Å². The Bertz CT molecular complexity index is 1550. The average Bonchev–Trinajstić information content (AvgIpc) is 3.35. The largest absolute Gasteiger partial charge is 0.411 e. The van der Waals surface area contributed by atoms with Gasteiger partial charge in [-0.2, -0.15) is 0 Å². The molecule has 0 fully saturated rings. The number of pyridine rings is 2. The van der Waals surface area contributed by atoms with Gasteiger partial charge in [0.2, 0.25) is 0 Å². The van der Waals surface area contributed by atoms with E-state index in [4.69, 9.17) is 0 Å². The van der Waals surface area contributed by atoms with E-state index in [0.29, 0.717) is 5.69 Å². The van der Waals surface area contributed by atoms with Crippen LogP contribution in [0.5, 0.6) is 0 Å². The van der Waals surface area contributed by atoms with Crippen LogP contribution in [0.2, 0.25) is 0 Å². The van der Waals surface area contributed by atoms with Crippen LogP contribution in [0.1, 0.15) is 0 Å². The number of benzene rings is 3. The van der Waals surface area contributed by atoms with Crippen LogP contribution >= 0.6 is 0 Å². The number of imidazole rings is 1. The first kappa shape index (κ1) is 25.0. The van der Waals surface area contributed by atoms with Gasteiger partial charge in [0, 0.05) is 50.5 Å². The van der Waals surface area contributed by atoms with Crippen molar-refractivity contribution in [3.63, 3.8) is 0 Å². The molecule has 3 heterocycles. The minimum atomic E-state index is -0.649. The molecule has 3 aromatic heterocycles. The van der Waals surface area contributed by atoms with Crippen LogP contribution in [-0.4, -0.2) is 19.5 Å². The summed E-state index contributed by atoms with van der Waals surface area (Å²) in [6.45, 7) is 0. The van der Waals surface area contributed by atoms with Gasteiger partial charge in [0.05, 0.1) is 5.82 Å². The Balaban J connectivity index is 0.000000178. The van der Waals surface area contributed by atoms with E-state index in [-0.39, 0.29) is 25.7 Å². The Hall–Kier alpha value is -4.06. The monoisotopic (exact) mass is 653 g/mol. The zero-order valence-electron chi connectivity index (χ0n) is 18.8. The van der Waals surface area contributed by atoms with Crippen LogP contribution in [0.4, 0.5) is 8.78 Å². The van der Waals surface area contributed by atoms with E-state index in [1.807, 2.05) is 59.3 Å². The molecule has 0 spiro atoms. The standard InChI is InChI=1S/C18H12N3.C11H6F2N.Ir/c1-2-6-14(7-3-1)15-10-11-18(19-12-15)21-13-20-16-8-4-5-9-17(16)21;12-8-4-5-9(10(13)7-8)11-3-1-2-6-14-11;/h1-12H;1-4,6-7H;/q2*-1;. The van der Waals surface area contributed by atoms with Crippen molar-refractivity contribution in [1.82, 2.24) is 19.5 Å². The molecule has 0 saturated carbocycles. The fourth-order valence-corrected chi connectivity index (χ4v) is 3.55. The second kappa shape index (κ2) is 11.6. The summed E-state index contributed by atoms with van der Waals surface area (Å²) in [6, 6.07) is 31.8. The van der Waals surface area contributed by atoms with Crippen molar-refractivity contribution < 1.29 is 28.9 Å². The Morgan fingerprint density at radius 3 is 2.25 bits per heavy atom. The summed E-state index contributed by atoms with van der Waals surface area (Å²) in [5.74, 6) is -0.464. The molecule has 0 N–H and O–H groups in total. The number of fused-ring (bicyclic) bond motifs is 1. The molecule has 179 valence electrons. The molecule has 4 nitrogen and oxygen atoms in total. The zero-order valence-corrected chi connectivity index (χ0v) is 21.2. The maximum atomic E-state index is 13.2. The Morgan fingerprint density at radius 2 is 1.53 bits per heavy atom. The number of nitrogens with zero attached hydrogens (tertiary/aromatic N) is 4. The molecular weight excluding hydrogens is 635 g/mol. The first-order chi connectivity index (χ1) is 17.2. The Morgan fingerprint density at radius 1 is 0.750 bits per heavy atom. The zero-order chi connectivity index (χ0) is 24.0. The fourth-order valence-electron chi connectivity index (χ4n) is 3.55. The summed E-state index contributed by atoms with van der Waals surface area (Å²) in [5, 5.41) is 0. The molecule has 7 heteroatoms. The molecule has 0 amide bonds. The van der Waals surface area contributed by atoms with Gasteiger partial charge in [-0.1, -0.05) is 96.0 Å². The number of hydrogen-bond donors (Lipinski definition) is 0. The topological polar surface area (TPSA) is 43.6 Å². The van der Waals surface area contributed by atoms with Gasteiger partial charge in [0.1, 0.15) is 0 Å². The molecule has 36 heavy (non-hydrogen) atoms. The molecule has 0 atom stereocenters. The van der Waals surface area contributed by atoms with Crippen LogP contribution < -0.4 is 0 Å². The molecule has 6 rings (SSSR count). The van der Waals surface area contributed by atoms with E-state index in [2.05, 4.69) is 45.5 Å². The van der Waals surface area contributed by atoms with E-state index >= 15 is 0 Å². The van der Waals surface area contributed by atoms with E-state index in [0.717, 1.165) is 40.1 Å². The summed E-state index contributed by atoms with van der Waals surface area (Å²) in [6.07, 6.45) is 6.42. The second-order valence-corrected chi connectivity index (χ2v) is 7.56. The summed E-state index contributed by atoms with van der Waals surface area (Å²) < 4.78 is 27.7. The Labute approximate surface area is 220 Å². The molecule has 3 aromatic carbocycles. The summed E-state index contributed by atoms with van der Waals surface area (Å²) in [7, 11) is 0. The summed E-state index contributed by atoms with van der Waals surface area (Å²) in [5.41, 5.74) is 4.83. The number of aromatic nitrogens is 4. The van der Waals surface area contributed by atoms with Crippen molar-refractivity contribution in [2.45, 2.75) is 0 Å². The third-order valence-corrected chi connectivity index (χ3v) is 5.26. The first-order valence-corrected chi connectivity index (χ1v) is 10.8. The molecule has 0 aliphatic heterocycles. The summed E-state index contributed by atoms with van der Waals surface area (Å²) in [4.78, 5) is 12.8. The predicted octanol–water partition coefficient (Wildman–Crippen LogP) is 6.71. The van der Waals surface area contributed by atoms with Crippen LogP contribution in [-0.2, 0) is 20.1 Å². The predicted molar refractivity (Wildman–Crippen MR) is 132 cm³/mol. The minimum Gasteiger partial charge on any atom is -0.411 e. The minimum absolute atomic E-state index is 0. The van der Waals surface area contributed by atoms with E-state index in [1.165, 1.54) is 0 Å². The van der Waals surface area contributed by atoms with Crippen LogP contribution in [0.15, 0.2) is 109 Å². The number of halogens is 2. The van der Waals surface area contributed by atoms with Gasteiger partial charge in [-0.15, -0.1) is 12.1 Å².